The van der Waals surface area contributed by atoms with E-state index in [2.05, 4.69) is 28.2 Å². The van der Waals surface area contributed by atoms with Gasteiger partial charge >= 0.3 is 0 Å². The van der Waals surface area contributed by atoms with Gasteiger partial charge in [0, 0.05) is 10.5 Å². The molecule has 1 aliphatic heterocycles. The predicted octanol–water partition coefficient (Wildman–Crippen LogP) is 2.79. The molecule has 0 saturated heterocycles. The molecule has 1 atom stereocenters. The molecule has 0 saturated carbocycles. The zero-order chi connectivity index (χ0) is 9.42. The fraction of sp³-hybridized carbons (Fsp3) is 0.400. The number of nitrogens with one attached hydrogen (secondary N) is 1. The zero-order valence-electron chi connectivity index (χ0n) is 7.40. The van der Waals surface area contributed by atoms with Crippen LogP contribution in [0.4, 0.5) is 4.39 Å². The molecule has 2 rings (SSSR count). The Labute approximate surface area is 85.5 Å². The van der Waals surface area contributed by atoms with E-state index in [1.165, 1.54) is 6.07 Å². The molecule has 1 aromatic carbocycles. The molecule has 70 valence electrons. The predicted molar refractivity (Wildman–Crippen MR) is 54.2 cm³/mol. The van der Waals surface area contributed by atoms with Gasteiger partial charge in [0.15, 0.2) is 0 Å². The number of benzene rings is 1. The van der Waals surface area contributed by atoms with E-state index in [0.717, 1.165) is 28.6 Å². The molecule has 0 unspecified atom stereocenters. The van der Waals surface area contributed by atoms with Gasteiger partial charge in [-0.3, -0.25) is 0 Å². The van der Waals surface area contributed by atoms with Crippen molar-refractivity contribution in [3.63, 3.8) is 0 Å². The molecule has 1 aliphatic rings. The van der Waals surface area contributed by atoms with E-state index in [-0.39, 0.29) is 11.9 Å². The summed E-state index contributed by atoms with van der Waals surface area (Å²) in [5, 5.41) is 3.31. The van der Waals surface area contributed by atoms with Gasteiger partial charge in [-0.25, -0.2) is 4.39 Å². The lowest BCUT2D eigenvalue weighted by atomic mass is 9.95. The van der Waals surface area contributed by atoms with E-state index in [9.17, 15) is 4.39 Å². The maximum absolute atomic E-state index is 13.4. The van der Waals surface area contributed by atoms with Crippen LogP contribution in [0.2, 0.25) is 0 Å². The third-order valence-corrected chi connectivity index (χ3v) is 2.94. The molecule has 0 aromatic heterocycles. The summed E-state index contributed by atoms with van der Waals surface area (Å²) in [7, 11) is 0. The third kappa shape index (κ3) is 1.63. The largest absolute Gasteiger partial charge is 0.310 e. The van der Waals surface area contributed by atoms with Crippen LogP contribution in [0.15, 0.2) is 16.6 Å². The molecule has 0 amide bonds. The highest BCUT2D eigenvalue weighted by Crippen LogP contribution is 2.28. The Kier molecular flexibility index (Phi) is 2.39. The van der Waals surface area contributed by atoms with Gasteiger partial charge in [0.2, 0.25) is 0 Å². The van der Waals surface area contributed by atoms with Gasteiger partial charge in [0.25, 0.3) is 0 Å². The highest BCUT2D eigenvalue weighted by Gasteiger charge is 2.19. The van der Waals surface area contributed by atoms with Crippen LogP contribution in [0.3, 0.4) is 0 Å². The van der Waals surface area contributed by atoms with Gasteiger partial charge in [-0.2, -0.15) is 0 Å². The van der Waals surface area contributed by atoms with Crippen LogP contribution >= 0.6 is 15.9 Å². The maximum Gasteiger partial charge on any atom is 0.127 e. The number of hydrogen-bond acceptors (Lipinski definition) is 1. The Morgan fingerprint density at radius 1 is 1.54 bits per heavy atom. The summed E-state index contributed by atoms with van der Waals surface area (Å²) in [5.41, 5.74) is 1.95. The Hall–Kier alpha value is -0.410. The van der Waals surface area contributed by atoms with Gasteiger partial charge in [-0.15, -0.1) is 0 Å². The van der Waals surface area contributed by atoms with E-state index >= 15 is 0 Å². The highest BCUT2D eigenvalue weighted by atomic mass is 79.9. The molecule has 1 nitrogen and oxygen atoms in total. The molecule has 1 N–H and O–H groups in total. The van der Waals surface area contributed by atoms with Crippen molar-refractivity contribution < 1.29 is 4.39 Å². The number of rotatable bonds is 0. The summed E-state index contributed by atoms with van der Waals surface area (Å²) in [6, 6.07) is 3.79. The van der Waals surface area contributed by atoms with Crippen LogP contribution in [0.1, 0.15) is 24.1 Å². The molecular formula is C10H11BrFN. The topological polar surface area (TPSA) is 12.0 Å². The molecule has 13 heavy (non-hydrogen) atoms. The summed E-state index contributed by atoms with van der Waals surface area (Å²) >= 11 is 3.30. The van der Waals surface area contributed by atoms with Crippen LogP contribution < -0.4 is 5.32 Å². The molecule has 0 radical (unpaired) electrons. The van der Waals surface area contributed by atoms with Crippen LogP contribution in [-0.2, 0) is 6.42 Å². The SMILES string of the molecule is C[C@@H]1NCCc2c(F)cc(Br)cc21. The second-order valence-corrected chi connectivity index (χ2v) is 4.30. The third-order valence-electron chi connectivity index (χ3n) is 2.49. The molecule has 1 aromatic rings. The van der Waals surface area contributed by atoms with Crippen molar-refractivity contribution in [3.05, 3.63) is 33.5 Å². The van der Waals surface area contributed by atoms with Gasteiger partial charge in [-0.1, -0.05) is 15.9 Å². The van der Waals surface area contributed by atoms with Crippen molar-refractivity contribution >= 4 is 15.9 Å². The first-order valence-electron chi connectivity index (χ1n) is 4.39. The van der Waals surface area contributed by atoms with Crippen molar-refractivity contribution in [1.29, 1.82) is 0 Å². The minimum atomic E-state index is -0.0854. The maximum atomic E-state index is 13.4. The summed E-state index contributed by atoms with van der Waals surface area (Å²) < 4.78 is 14.3. The Morgan fingerprint density at radius 2 is 2.31 bits per heavy atom. The minimum Gasteiger partial charge on any atom is -0.310 e. The molecular weight excluding hydrogens is 233 g/mol. The molecule has 0 aliphatic carbocycles. The second-order valence-electron chi connectivity index (χ2n) is 3.38. The van der Waals surface area contributed by atoms with Crippen LogP contribution in [0.5, 0.6) is 0 Å². The minimum absolute atomic E-state index is 0.0854. The average molecular weight is 244 g/mol. The Morgan fingerprint density at radius 3 is 3.08 bits per heavy atom. The highest BCUT2D eigenvalue weighted by molar-refractivity contribution is 9.10. The quantitative estimate of drug-likeness (QED) is 0.739. The van der Waals surface area contributed by atoms with E-state index in [4.69, 9.17) is 0 Å². The van der Waals surface area contributed by atoms with Gasteiger partial charge < -0.3 is 5.32 Å². The number of hydrogen-bond donors (Lipinski definition) is 1. The number of halogens is 2. The number of fused-ring (bicyclic) bond motifs is 1. The second kappa shape index (κ2) is 3.39. The van der Waals surface area contributed by atoms with E-state index in [1.807, 2.05) is 6.07 Å². The molecule has 1 heterocycles. The molecule has 0 bridgehead atoms. The first-order valence-corrected chi connectivity index (χ1v) is 5.19. The normalized spacial score (nSPS) is 21.3. The van der Waals surface area contributed by atoms with Crippen molar-refractivity contribution in [1.82, 2.24) is 5.32 Å². The molecule has 0 fully saturated rings. The van der Waals surface area contributed by atoms with Crippen LogP contribution in [0.25, 0.3) is 0 Å². The first kappa shape index (κ1) is 9.16. The summed E-state index contributed by atoms with van der Waals surface area (Å²) in [5.74, 6) is -0.0854. The molecule has 0 spiro atoms. The van der Waals surface area contributed by atoms with Crippen molar-refractivity contribution in [2.75, 3.05) is 6.54 Å². The summed E-state index contributed by atoms with van der Waals surface area (Å²) in [6.45, 7) is 2.93. The van der Waals surface area contributed by atoms with Crippen molar-refractivity contribution in [2.45, 2.75) is 19.4 Å². The fourth-order valence-corrected chi connectivity index (χ4v) is 2.24. The zero-order valence-corrected chi connectivity index (χ0v) is 8.99. The van der Waals surface area contributed by atoms with E-state index in [0.29, 0.717) is 0 Å². The van der Waals surface area contributed by atoms with Gasteiger partial charge in [0.05, 0.1) is 0 Å². The summed E-state index contributed by atoms with van der Waals surface area (Å²) in [4.78, 5) is 0. The lowest BCUT2D eigenvalue weighted by molar-refractivity contribution is 0.512. The first-order chi connectivity index (χ1) is 6.18. The average Bonchev–Trinajstić information content (AvgIpc) is 2.07. The Bertz CT molecular complexity index is 338. The monoisotopic (exact) mass is 243 g/mol. The fourth-order valence-electron chi connectivity index (χ4n) is 1.80. The van der Waals surface area contributed by atoms with Crippen LogP contribution in [-0.4, -0.2) is 6.54 Å². The lowest BCUT2D eigenvalue weighted by Crippen LogP contribution is -2.28. The Balaban J connectivity index is 2.56. The summed E-state index contributed by atoms with van der Waals surface area (Å²) in [6.07, 6.45) is 0.790. The van der Waals surface area contributed by atoms with Gasteiger partial charge in [0.1, 0.15) is 5.82 Å². The van der Waals surface area contributed by atoms with Crippen molar-refractivity contribution in [3.8, 4) is 0 Å². The molecule has 3 heteroatoms. The van der Waals surface area contributed by atoms with E-state index < -0.39 is 0 Å². The van der Waals surface area contributed by atoms with Gasteiger partial charge in [-0.05, 0) is 43.1 Å². The van der Waals surface area contributed by atoms with E-state index in [1.54, 1.807) is 0 Å². The van der Waals surface area contributed by atoms with Crippen LogP contribution in [0, 0.1) is 5.82 Å². The van der Waals surface area contributed by atoms with Crippen molar-refractivity contribution in [2.24, 2.45) is 0 Å². The smallest absolute Gasteiger partial charge is 0.127 e. The lowest BCUT2D eigenvalue weighted by Gasteiger charge is -2.24. The standard InChI is InChI=1S/C10H11BrFN/c1-6-9-4-7(11)5-10(12)8(9)2-3-13-6/h4-6,13H,2-3H2,1H3/t6-/m0/s1.